The molecule has 0 aliphatic heterocycles. The fourth-order valence-corrected chi connectivity index (χ4v) is 5.55. The van der Waals surface area contributed by atoms with Crippen molar-refractivity contribution in [3.63, 3.8) is 0 Å². The molecule has 0 fully saturated rings. The number of halogens is 4. The van der Waals surface area contributed by atoms with Crippen LogP contribution in [0.4, 0.5) is 17.6 Å². The summed E-state index contributed by atoms with van der Waals surface area (Å²) in [5, 5.41) is 51.4. The maximum absolute atomic E-state index is 14.5. The molecule has 46 heavy (non-hydrogen) atoms. The molecule has 3 aromatic carbocycles. The average Bonchev–Trinajstić information content (AvgIpc) is 3.57. The van der Waals surface area contributed by atoms with Crippen molar-refractivity contribution < 1.29 is 17.6 Å². The van der Waals surface area contributed by atoms with Crippen LogP contribution in [0.2, 0.25) is 0 Å². The van der Waals surface area contributed by atoms with E-state index in [1.165, 1.54) is 0 Å². The molecule has 5 rings (SSSR count). The van der Waals surface area contributed by atoms with Crippen LogP contribution < -0.4 is 0 Å². The highest BCUT2D eigenvalue weighted by Crippen LogP contribution is 2.58. The van der Waals surface area contributed by atoms with Gasteiger partial charge in [0.15, 0.2) is 23.3 Å². The van der Waals surface area contributed by atoms with Crippen molar-refractivity contribution in [2.45, 2.75) is 0 Å². The highest BCUT2D eigenvalue weighted by molar-refractivity contribution is 6.31. The van der Waals surface area contributed by atoms with Crippen molar-refractivity contribution in [3.05, 3.63) is 150 Å². The van der Waals surface area contributed by atoms with E-state index in [1.54, 1.807) is 12.1 Å². The fourth-order valence-electron chi connectivity index (χ4n) is 5.55. The van der Waals surface area contributed by atoms with Crippen molar-refractivity contribution >= 4 is 33.6 Å². The van der Waals surface area contributed by atoms with Crippen LogP contribution in [0, 0.1) is 99.6 Å². The van der Waals surface area contributed by atoms with Crippen LogP contribution in [0.5, 0.6) is 0 Å². The standard InChI is InChI=1S/C34H6F4N8/c1-44-24(13-42)32-26(15-4-6-20(35)22(37)8-15)17(10-39)28-18(11-40)31-30(19(12-41)29(28)32)33(25(14-43)45-2)27(34(31)46-3)16-5-7-21(36)23(38)9-16/h4-9H/b32-24-,33-25+. The summed E-state index contributed by atoms with van der Waals surface area (Å²) in [4.78, 5) is 9.91. The summed E-state index contributed by atoms with van der Waals surface area (Å²) in [6, 6.07) is 13.9. The Morgan fingerprint density at radius 1 is 0.565 bits per heavy atom. The molecule has 12 heteroatoms. The fraction of sp³-hybridized carbons (Fsp3) is 0. The van der Waals surface area contributed by atoms with Gasteiger partial charge in [0.25, 0.3) is 11.4 Å². The molecule has 0 bridgehead atoms. The molecule has 3 aromatic rings. The molecule has 0 spiro atoms. The monoisotopic (exact) mass is 602 g/mol. The second-order valence-electron chi connectivity index (χ2n) is 9.32. The largest absolute Gasteiger partial charge is 0.270 e. The van der Waals surface area contributed by atoms with Crippen LogP contribution in [0.3, 0.4) is 0 Å². The minimum atomic E-state index is -1.35. The van der Waals surface area contributed by atoms with E-state index >= 15 is 0 Å². The first-order chi connectivity index (χ1) is 22.2. The van der Waals surface area contributed by atoms with Crippen LogP contribution in [-0.4, -0.2) is 0 Å². The Bertz CT molecular complexity index is 2300. The molecule has 0 N–H and O–H groups in total. The van der Waals surface area contributed by atoms with E-state index in [0.717, 1.165) is 24.3 Å². The van der Waals surface area contributed by atoms with Gasteiger partial charge in [0.05, 0.1) is 54.6 Å². The summed E-state index contributed by atoms with van der Waals surface area (Å²) in [6.07, 6.45) is 0. The van der Waals surface area contributed by atoms with E-state index in [2.05, 4.69) is 14.5 Å². The topological polar surface area (TPSA) is 132 Å². The van der Waals surface area contributed by atoms with E-state index in [9.17, 15) is 43.9 Å². The van der Waals surface area contributed by atoms with Crippen LogP contribution in [-0.2, 0) is 0 Å². The molecule has 8 nitrogen and oxygen atoms in total. The first-order valence-electron chi connectivity index (χ1n) is 12.4. The highest BCUT2D eigenvalue weighted by Gasteiger charge is 2.43. The smallest absolute Gasteiger partial charge is 0.237 e. The number of nitriles is 5. The van der Waals surface area contributed by atoms with Gasteiger partial charge in [-0.2, -0.15) is 15.8 Å². The number of rotatable bonds is 2. The summed E-state index contributed by atoms with van der Waals surface area (Å²) >= 11 is 0. The third-order valence-electron chi connectivity index (χ3n) is 7.25. The van der Waals surface area contributed by atoms with Gasteiger partial charge in [0.1, 0.15) is 12.1 Å². The normalized spacial score (nSPS) is 14.7. The van der Waals surface area contributed by atoms with Crippen molar-refractivity contribution in [2.75, 3.05) is 0 Å². The molecule has 0 saturated carbocycles. The summed E-state index contributed by atoms with van der Waals surface area (Å²) in [6.45, 7) is 23.3. The van der Waals surface area contributed by atoms with Gasteiger partial charge in [-0.25, -0.2) is 42.6 Å². The maximum Gasteiger partial charge on any atom is 0.270 e. The maximum atomic E-state index is 14.5. The number of hydrogen-bond acceptors (Lipinski definition) is 5. The van der Waals surface area contributed by atoms with Crippen molar-refractivity contribution in [3.8, 4) is 30.3 Å². The molecule has 0 saturated heterocycles. The molecule has 2 aliphatic carbocycles. The van der Waals surface area contributed by atoms with Gasteiger partial charge in [0, 0.05) is 22.3 Å². The van der Waals surface area contributed by atoms with Crippen LogP contribution in [0.1, 0.15) is 44.5 Å². The number of nitrogens with zero attached hydrogens (tertiary/aromatic N) is 8. The molecule has 0 atom stereocenters. The minimum Gasteiger partial charge on any atom is -0.237 e. The first-order valence-corrected chi connectivity index (χ1v) is 12.4. The molecular weight excluding hydrogens is 596 g/mol. The van der Waals surface area contributed by atoms with Gasteiger partial charge >= 0.3 is 0 Å². The van der Waals surface area contributed by atoms with E-state index in [4.69, 9.17) is 19.7 Å². The zero-order valence-electron chi connectivity index (χ0n) is 22.6. The molecular formula is C34H6F4N8. The Morgan fingerprint density at radius 2 is 1.02 bits per heavy atom. The van der Waals surface area contributed by atoms with Gasteiger partial charge in [-0.3, -0.25) is 0 Å². The molecule has 0 heterocycles. The second kappa shape index (κ2) is 11.2. The number of allylic oxidation sites excluding steroid dienone is 7. The number of hydrogen-bond donors (Lipinski definition) is 0. The van der Waals surface area contributed by atoms with Crippen LogP contribution in [0.25, 0.3) is 48.1 Å². The van der Waals surface area contributed by atoms with Gasteiger partial charge < -0.3 is 0 Å². The van der Waals surface area contributed by atoms with Crippen molar-refractivity contribution in [2.24, 2.45) is 0 Å². The Hall–Kier alpha value is -7.74. The Labute approximate surface area is 257 Å². The third-order valence-corrected chi connectivity index (χ3v) is 7.25. The van der Waals surface area contributed by atoms with Gasteiger partial charge in [-0.05, 0) is 57.7 Å². The Kier molecular flexibility index (Phi) is 7.21. The summed E-state index contributed by atoms with van der Waals surface area (Å²) < 4.78 is 56.8. The van der Waals surface area contributed by atoms with E-state index in [-0.39, 0.29) is 50.1 Å². The lowest BCUT2D eigenvalue weighted by Crippen LogP contribution is -2.04. The molecule has 0 unspecified atom stereocenters. The van der Waals surface area contributed by atoms with E-state index in [1.807, 2.05) is 18.2 Å². The number of fused-ring (bicyclic) bond motifs is 2. The lowest BCUT2D eigenvalue weighted by Gasteiger charge is -2.17. The summed E-state index contributed by atoms with van der Waals surface area (Å²) in [5.74, 6) is -5.20. The van der Waals surface area contributed by atoms with E-state index in [0.29, 0.717) is 12.1 Å². The predicted molar refractivity (Wildman–Crippen MR) is 153 cm³/mol. The quantitative estimate of drug-likeness (QED) is 0.170. The van der Waals surface area contributed by atoms with Gasteiger partial charge in [0.2, 0.25) is 5.70 Å². The molecule has 2 aliphatic rings. The minimum absolute atomic E-state index is 0.186. The predicted octanol–water partition coefficient (Wildman–Crippen LogP) is 7.54. The van der Waals surface area contributed by atoms with Crippen LogP contribution >= 0.6 is 0 Å². The van der Waals surface area contributed by atoms with Gasteiger partial charge in [-0.1, -0.05) is 12.1 Å². The molecule has 0 aromatic heterocycles. The van der Waals surface area contributed by atoms with Crippen molar-refractivity contribution in [1.29, 1.82) is 26.3 Å². The van der Waals surface area contributed by atoms with E-state index < -0.39 is 62.6 Å². The average molecular weight is 602 g/mol. The molecule has 0 amide bonds. The number of benzene rings is 3. The molecule has 210 valence electrons. The van der Waals surface area contributed by atoms with Crippen molar-refractivity contribution in [1.82, 2.24) is 0 Å². The lowest BCUT2D eigenvalue weighted by molar-refractivity contribution is 0.508. The first kappa shape index (κ1) is 29.7. The Morgan fingerprint density at radius 3 is 1.43 bits per heavy atom. The summed E-state index contributed by atoms with van der Waals surface area (Å²) in [7, 11) is 0. The summed E-state index contributed by atoms with van der Waals surface area (Å²) in [5.41, 5.74) is -6.26. The molecule has 0 radical (unpaired) electrons. The SMILES string of the molecule is [C-]#[N+]C1=C(c2ccc(F)c(F)c2)/C(=C(/C#N)[N+]#[C-])c2c(C#N)c3c(c(C#N)c21)C(C#N)=C(c1ccc(F)c(F)c1)/C3=C(\C#N)[N+]#[C-]. The lowest BCUT2D eigenvalue weighted by atomic mass is 9.83. The zero-order chi connectivity index (χ0) is 33.4. The second-order valence-corrected chi connectivity index (χ2v) is 9.32. The third kappa shape index (κ3) is 3.99. The highest BCUT2D eigenvalue weighted by atomic mass is 19.2. The van der Waals surface area contributed by atoms with Gasteiger partial charge in [-0.15, -0.1) is 0 Å². The Balaban J connectivity index is 2.12. The zero-order valence-corrected chi connectivity index (χ0v) is 22.6. The van der Waals surface area contributed by atoms with Crippen LogP contribution in [0.15, 0.2) is 47.8 Å².